The van der Waals surface area contributed by atoms with Crippen molar-refractivity contribution in [1.82, 2.24) is 0 Å². The lowest BCUT2D eigenvalue weighted by Gasteiger charge is -2.16. The van der Waals surface area contributed by atoms with E-state index in [-0.39, 0.29) is 0 Å². The van der Waals surface area contributed by atoms with E-state index in [9.17, 15) is 8.78 Å². The Labute approximate surface area is 117 Å². The maximum atomic E-state index is 13.9. The van der Waals surface area contributed by atoms with Crippen LogP contribution in [-0.4, -0.2) is 0 Å². The zero-order valence-corrected chi connectivity index (χ0v) is 11.6. The van der Waals surface area contributed by atoms with Gasteiger partial charge >= 0.3 is 0 Å². The van der Waals surface area contributed by atoms with Gasteiger partial charge in [-0.3, -0.25) is 0 Å². The lowest BCUT2D eigenvalue weighted by molar-refractivity contribution is 0.568. The summed E-state index contributed by atoms with van der Waals surface area (Å²) in [6.07, 6.45) is 0.821. The van der Waals surface area contributed by atoms with Crippen LogP contribution in [0.15, 0.2) is 36.4 Å². The molecule has 0 amide bonds. The van der Waals surface area contributed by atoms with Crippen LogP contribution in [0.2, 0.25) is 0 Å². The van der Waals surface area contributed by atoms with Crippen molar-refractivity contribution >= 4 is 11.6 Å². The first-order chi connectivity index (χ1) is 9.04. The summed E-state index contributed by atoms with van der Waals surface area (Å²) in [6.45, 7) is 3.63. The summed E-state index contributed by atoms with van der Waals surface area (Å²) >= 11 is 6.38. The zero-order chi connectivity index (χ0) is 14.0. The second kappa shape index (κ2) is 5.70. The second-order valence-corrected chi connectivity index (χ2v) is 4.97. The topological polar surface area (TPSA) is 0 Å². The van der Waals surface area contributed by atoms with Gasteiger partial charge in [0, 0.05) is 11.6 Å². The molecule has 19 heavy (non-hydrogen) atoms. The Kier molecular flexibility index (Phi) is 4.20. The van der Waals surface area contributed by atoms with Gasteiger partial charge in [0.15, 0.2) is 0 Å². The normalized spacial score (nSPS) is 12.5. The van der Waals surface area contributed by atoms with Gasteiger partial charge in [-0.25, -0.2) is 8.78 Å². The molecule has 0 aromatic heterocycles. The van der Waals surface area contributed by atoms with Gasteiger partial charge in [-0.1, -0.05) is 31.2 Å². The van der Waals surface area contributed by atoms with Crippen molar-refractivity contribution in [2.45, 2.75) is 25.6 Å². The number of hydrogen-bond donors (Lipinski definition) is 0. The van der Waals surface area contributed by atoms with Crippen LogP contribution in [0.5, 0.6) is 0 Å². The Morgan fingerprint density at radius 2 is 1.74 bits per heavy atom. The van der Waals surface area contributed by atoms with Gasteiger partial charge in [0.2, 0.25) is 0 Å². The second-order valence-electron chi connectivity index (χ2n) is 4.54. The third kappa shape index (κ3) is 2.79. The summed E-state index contributed by atoms with van der Waals surface area (Å²) < 4.78 is 27.2. The van der Waals surface area contributed by atoms with Crippen molar-refractivity contribution in [2.75, 3.05) is 0 Å². The Balaban J connectivity index is 2.50. The first-order valence-corrected chi connectivity index (χ1v) is 6.65. The number of rotatable bonds is 3. The molecule has 0 fully saturated rings. The molecule has 3 heteroatoms. The Morgan fingerprint density at radius 1 is 1.05 bits per heavy atom. The highest BCUT2D eigenvalue weighted by Gasteiger charge is 2.19. The molecule has 1 unspecified atom stereocenters. The molecule has 0 aliphatic rings. The van der Waals surface area contributed by atoms with Crippen LogP contribution in [0.3, 0.4) is 0 Å². The van der Waals surface area contributed by atoms with Gasteiger partial charge < -0.3 is 0 Å². The average Bonchev–Trinajstić information content (AvgIpc) is 2.42. The molecule has 0 N–H and O–H groups in total. The maximum Gasteiger partial charge on any atom is 0.131 e. The molecule has 0 heterocycles. The van der Waals surface area contributed by atoms with Crippen molar-refractivity contribution in [3.63, 3.8) is 0 Å². The van der Waals surface area contributed by atoms with Gasteiger partial charge in [-0.05, 0) is 36.1 Å². The summed E-state index contributed by atoms with van der Waals surface area (Å²) in [5.74, 6) is -1.15. The van der Waals surface area contributed by atoms with Crippen molar-refractivity contribution in [1.29, 1.82) is 0 Å². The molecule has 0 saturated heterocycles. The molecule has 0 saturated carbocycles. The summed E-state index contributed by atoms with van der Waals surface area (Å²) in [7, 11) is 0. The van der Waals surface area contributed by atoms with E-state index in [2.05, 4.69) is 0 Å². The third-order valence-electron chi connectivity index (χ3n) is 3.26. The molecule has 0 aliphatic carbocycles. The molecule has 1 atom stereocenters. The highest BCUT2D eigenvalue weighted by atomic mass is 35.5. The molecule has 0 spiro atoms. The molecule has 0 radical (unpaired) electrons. The quantitative estimate of drug-likeness (QED) is 0.681. The Bertz CT molecular complexity index is 593. The molecule has 2 aromatic rings. The Morgan fingerprint density at radius 3 is 2.42 bits per heavy atom. The fourth-order valence-corrected chi connectivity index (χ4v) is 2.52. The standard InChI is InChI=1S/C16H15ClF2/c1-3-11-6-4-5-7-12(11)16(17)13-8-10(2)14(18)9-15(13)19/h4-9,16H,3H2,1-2H3. The van der Waals surface area contributed by atoms with E-state index in [1.165, 1.54) is 6.07 Å². The van der Waals surface area contributed by atoms with Crippen molar-refractivity contribution in [3.8, 4) is 0 Å². The van der Waals surface area contributed by atoms with E-state index in [0.717, 1.165) is 23.6 Å². The van der Waals surface area contributed by atoms with Crippen LogP contribution in [0.1, 0.15) is 34.6 Å². The van der Waals surface area contributed by atoms with E-state index < -0.39 is 17.0 Å². The molecule has 2 aromatic carbocycles. The number of benzene rings is 2. The van der Waals surface area contributed by atoms with Gasteiger partial charge in [-0.2, -0.15) is 0 Å². The predicted octanol–water partition coefficient (Wildman–Crippen LogP) is 5.16. The van der Waals surface area contributed by atoms with Crippen molar-refractivity contribution < 1.29 is 8.78 Å². The molecular weight excluding hydrogens is 266 g/mol. The Hall–Kier alpha value is -1.41. The fraction of sp³-hybridized carbons (Fsp3) is 0.250. The number of aryl methyl sites for hydroxylation is 2. The minimum Gasteiger partial charge on any atom is -0.207 e. The summed E-state index contributed by atoms with van der Waals surface area (Å²) in [6, 6.07) is 10.0. The van der Waals surface area contributed by atoms with Gasteiger partial charge in [0.25, 0.3) is 0 Å². The van der Waals surface area contributed by atoms with Gasteiger partial charge in [0.1, 0.15) is 11.6 Å². The first-order valence-electron chi connectivity index (χ1n) is 6.22. The van der Waals surface area contributed by atoms with E-state index in [1.807, 2.05) is 31.2 Å². The minimum absolute atomic E-state index is 0.321. The number of hydrogen-bond acceptors (Lipinski definition) is 0. The maximum absolute atomic E-state index is 13.9. The zero-order valence-electron chi connectivity index (χ0n) is 10.9. The monoisotopic (exact) mass is 280 g/mol. The average molecular weight is 281 g/mol. The lowest BCUT2D eigenvalue weighted by atomic mass is 9.96. The smallest absolute Gasteiger partial charge is 0.131 e. The van der Waals surface area contributed by atoms with E-state index in [1.54, 1.807) is 6.92 Å². The summed E-state index contributed by atoms with van der Waals surface area (Å²) in [5, 5.41) is -0.601. The predicted molar refractivity (Wildman–Crippen MR) is 74.6 cm³/mol. The first kappa shape index (κ1) is 14.0. The van der Waals surface area contributed by atoms with Crippen LogP contribution >= 0.6 is 11.6 Å². The highest BCUT2D eigenvalue weighted by molar-refractivity contribution is 6.22. The fourth-order valence-electron chi connectivity index (χ4n) is 2.14. The summed E-state index contributed by atoms with van der Waals surface area (Å²) in [4.78, 5) is 0. The van der Waals surface area contributed by atoms with Crippen LogP contribution in [0, 0.1) is 18.6 Å². The SMILES string of the molecule is CCc1ccccc1C(Cl)c1cc(C)c(F)cc1F. The number of halogens is 3. The van der Waals surface area contributed by atoms with E-state index in [4.69, 9.17) is 11.6 Å². The minimum atomic E-state index is -0.603. The molecule has 0 bridgehead atoms. The van der Waals surface area contributed by atoms with Crippen LogP contribution < -0.4 is 0 Å². The van der Waals surface area contributed by atoms with Crippen LogP contribution in [-0.2, 0) is 6.42 Å². The highest BCUT2D eigenvalue weighted by Crippen LogP contribution is 2.33. The van der Waals surface area contributed by atoms with Crippen LogP contribution in [0.25, 0.3) is 0 Å². The molecular formula is C16H15ClF2. The van der Waals surface area contributed by atoms with E-state index in [0.29, 0.717) is 11.1 Å². The third-order valence-corrected chi connectivity index (χ3v) is 3.73. The lowest BCUT2D eigenvalue weighted by Crippen LogP contribution is -2.02. The van der Waals surface area contributed by atoms with Gasteiger partial charge in [0.05, 0.1) is 5.38 Å². The number of alkyl halides is 1. The summed E-state index contributed by atoms with van der Waals surface area (Å²) in [5.41, 5.74) is 2.66. The molecule has 0 aliphatic heterocycles. The van der Waals surface area contributed by atoms with Crippen molar-refractivity contribution in [2.24, 2.45) is 0 Å². The molecule has 100 valence electrons. The largest absolute Gasteiger partial charge is 0.207 e. The molecule has 2 rings (SSSR count). The van der Waals surface area contributed by atoms with Gasteiger partial charge in [-0.15, -0.1) is 11.6 Å². The van der Waals surface area contributed by atoms with Crippen LogP contribution in [0.4, 0.5) is 8.78 Å². The van der Waals surface area contributed by atoms with E-state index >= 15 is 0 Å². The molecule has 0 nitrogen and oxygen atoms in total. The van der Waals surface area contributed by atoms with Crippen molar-refractivity contribution in [3.05, 3.63) is 70.3 Å².